The third-order valence-electron chi connectivity index (χ3n) is 5.15. The predicted molar refractivity (Wildman–Crippen MR) is 95.9 cm³/mol. The third-order valence-corrected chi connectivity index (χ3v) is 5.15. The Balaban J connectivity index is 1.85. The zero-order valence-electron chi connectivity index (χ0n) is 15.3. The second kappa shape index (κ2) is 8.94. The molecule has 0 radical (unpaired) electrons. The van der Waals surface area contributed by atoms with Gasteiger partial charge in [-0.1, -0.05) is 19.3 Å². The van der Waals surface area contributed by atoms with Crippen LogP contribution in [0, 0.1) is 5.82 Å². The maximum Gasteiger partial charge on any atom is 0.280 e. The van der Waals surface area contributed by atoms with Gasteiger partial charge in [0.15, 0.2) is 12.6 Å². The average molecular weight is 350 g/mol. The van der Waals surface area contributed by atoms with Crippen LogP contribution >= 0.6 is 0 Å². The molecule has 2 N–H and O–H groups in total. The van der Waals surface area contributed by atoms with Gasteiger partial charge in [-0.25, -0.2) is 4.39 Å². The molecular formula is C19H29FN3O2+. The van der Waals surface area contributed by atoms with Crippen molar-refractivity contribution in [3.05, 3.63) is 30.1 Å². The van der Waals surface area contributed by atoms with E-state index in [0.29, 0.717) is 11.7 Å². The topological polar surface area (TPSA) is 53.9 Å². The van der Waals surface area contributed by atoms with E-state index in [1.54, 1.807) is 0 Å². The molecule has 2 rings (SSSR count). The molecule has 1 saturated carbocycles. The fourth-order valence-electron chi connectivity index (χ4n) is 3.31. The Morgan fingerprint density at radius 3 is 2.44 bits per heavy atom. The highest BCUT2D eigenvalue weighted by atomic mass is 19.1. The molecule has 138 valence electrons. The number of halogens is 1. The van der Waals surface area contributed by atoms with Gasteiger partial charge in [-0.15, -0.1) is 0 Å². The van der Waals surface area contributed by atoms with Gasteiger partial charge in [-0.2, -0.15) is 0 Å². The van der Waals surface area contributed by atoms with Gasteiger partial charge >= 0.3 is 0 Å². The second-order valence-electron chi connectivity index (χ2n) is 7.04. The molecule has 0 saturated heterocycles. The molecule has 1 aromatic carbocycles. The minimum atomic E-state index is -0.342. The normalized spacial score (nSPS) is 17.6. The van der Waals surface area contributed by atoms with Crippen LogP contribution < -0.4 is 10.2 Å². The van der Waals surface area contributed by atoms with Crippen LogP contribution in [0.5, 0.6) is 0 Å². The summed E-state index contributed by atoms with van der Waals surface area (Å²) < 4.78 is 12.9. The van der Waals surface area contributed by atoms with Crippen molar-refractivity contribution in [2.75, 3.05) is 26.0 Å². The number of nitrogens with zero attached hydrogens (tertiary/aromatic N) is 1. The zero-order valence-corrected chi connectivity index (χ0v) is 15.3. The molecule has 1 unspecified atom stereocenters. The largest absolute Gasteiger partial charge is 0.338 e. The number of quaternary nitrogens is 1. The predicted octanol–water partition coefficient (Wildman–Crippen LogP) is 1.46. The van der Waals surface area contributed by atoms with Crippen LogP contribution in [0.25, 0.3) is 0 Å². The minimum absolute atomic E-state index is 0.0824. The summed E-state index contributed by atoms with van der Waals surface area (Å²) in [5.41, 5.74) is 0.553. The summed E-state index contributed by atoms with van der Waals surface area (Å²) in [5.74, 6) is -0.450. The minimum Gasteiger partial charge on any atom is -0.338 e. The third kappa shape index (κ3) is 5.53. The lowest BCUT2D eigenvalue weighted by Crippen LogP contribution is -3.15. The summed E-state index contributed by atoms with van der Waals surface area (Å²) >= 11 is 0. The zero-order chi connectivity index (χ0) is 18.4. The highest BCUT2D eigenvalue weighted by Gasteiger charge is 2.30. The van der Waals surface area contributed by atoms with Gasteiger partial charge in [0.1, 0.15) is 5.82 Å². The first-order chi connectivity index (χ1) is 11.9. The quantitative estimate of drug-likeness (QED) is 0.816. The number of hydrogen-bond acceptors (Lipinski definition) is 2. The van der Waals surface area contributed by atoms with Gasteiger partial charge in [0.2, 0.25) is 0 Å². The van der Waals surface area contributed by atoms with Gasteiger partial charge < -0.3 is 15.1 Å². The molecule has 2 amide bonds. The van der Waals surface area contributed by atoms with Gasteiger partial charge in [0.05, 0.1) is 7.05 Å². The Bertz CT molecular complexity index is 585. The fourth-order valence-corrected chi connectivity index (χ4v) is 3.31. The maximum atomic E-state index is 12.9. The smallest absolute Gasteiger partial charge is 0.280 e. The number of hydrogen-bond donors (Lipinski definition) is 2. The van der Waals surface area contributed by atoms with Crippen molar-refractivity contribution < 1.29 is 18.9 Å². The first kappa shape index (κ1) is 19.4. The maximum absolute atomic E-state index is 12.9. The summed E-state index contributed by atoms with van der Waals surface area (Å²) in [4.78, 5) is 27.6. The van der Waals surface area contributed by atoms with Gasteiger partial charge in [0.25, 0.3) is 11.8 Å². The highest BCUT2D eigenvalue weighted by Crippen LogP contribution is 2.21. The summed E-state index contributed by atoms with van der Waals surface area (Å²) in [6.45, 7) is 2.05. The van der Waals surface area contributed by atoms with E-state index in [2.05, 4.69) is 5.32 Å². The lowest BCUT2D eigenvalue weighted by Gasteiger charge is -2.33. The van der Waals surface area contributed by atoms with Gasteiger partial charge in [-0.05, 0) is 44.0 Å². The average Bonchev–Trinajstić information content (AvgIpc) is 2.62. The Labute approximate surface area is 149 Å². The van der Waals surface area contributed by atoms with Crippen LogP contribution in [0.3, 0.4) is 0 Å². The molecule has 5 nitrogen and oxygen atoms in total. The van der Waals surface area contributed by atoms with Crippen molar-refractivity contribution in [2.45, 2.75) is 51.1 Å². The van der Waals surface area contributed by atoms with Crippen molar-refractivity contribution in [1.82, 2.24) is 4.90 Å². The van der Waals surface area contributed by atoms with Crippen LogP contribution in [0.2, 0.25) is 0 Å². The molecule has 0 heterocycles. The van der Waals surface area contributed by atoms with Crippen LogP contribution in [-0.4, -0.2) is 49.4 Å². The van der Waals surface area contributed by atoms with Crippen molar-refractivity contribution in [3.63, 3.8) is 0 Å². The molecule has 1 aliphatic carbocycles. The van der Waals surface area contributed by atoms with E-state index in [1.165, 1.54) is 43.5 Å². The molecular weight excluding hydrogens is 321 g/mol. The van der Waals surface area contributed by atoms with E-state index in [0.717, 1.165) is 17.7 Å². The van der Waals surface area contributed by atoms with E-state index >= 15 is 0 Å². The number of anilines is 1. The molecule has 0 bridgehead atoms. The lowest BCUT2D eigenvalue weighted by molar-refractivity contribution is -0.886. The number of likely N-dealkylation sites (N-methyl/N-ethyl adjacent to an activating group) is 2. The second-order valence-corrected chi connectivity index (χ2v) is 7.04. The number of amides is 2. The Morgan fingerprint density at radius 2 is 1.84 bits per heavy atom. The van der Waals surface area contributed by atoms with Crippen molar-refractivity contribution in [1.29, 1.82) is 0 Å². The molecule has 25 heavy (non-hydrogen) atoms. The van der Waals surface area contributed by atoms with Crippen LogP contribution in [0.1, 0.15) is 39.0 Å². The first-order valence-electron chi connectivity index (χ1n) is 9.03. The molecule has 1 aromatic rings. The first-order valence-corrected chi connectivity index (χ1v) is 9.03. The van der Waals surface area contributed by atoms with Crippen molar-refractivity contribution in [2.24, 2.45) is 0 Å². The van der Waals surface area contributed by atoms with E-state index in [9.17, 15) is 14.0 Å². The van der Waals surface area contributed by atoms with E-state index in [-0.39, 0.29) is 30.2 Å². The Morgan fingerprint density at radius 1 is 1.24 bits per heavy atom. The van der Waals surface area contributed by atoms with E-state index < -0.39 is 0 Å². The SMILES string of the molecule is C[C@@H](C(=O)N(C)C1CCCCC1)[NH+](C)CC(=O)Nc1ccc(F)cc1. The lowest BCUT2D eigenvalue weighted by atomic mass is 9.94. The highest BCUT2D eigenvalue weighted by molar-refractivity contribution is 5.91. The van der Waals surface area contributed by atoms with E-state index in [4.69, 9.17) is 0 Å². The molecule has 0 spiro atoms. The van der Waals surface area contributed by atoms with E-state index in [1.807, 2.05) is 25.9 Å². The molecule has 6 heteroatoms. The fraction of sp³-hybridized carbons (Fsp3) is 0.579. The molecule has 1 aliphatic rings. The number of nitrogens with one attached hydrogen (secondary N) is 2. The monoisotopic (exact) mass is 350 g/mol. The summed E-state index contributed by atoms with van der Waals surface area (Å²) in [6, 6.07) is 5.69. The number of carbonyl (C=O) groups excluding carboxylic acids is 2. The standard InChI is InChI=1S/C19H28FN3O2/c1-14(19(25)23(3)17-7-5-4-6-8-17)22(2)13-18(24)21-16-11-9-15(20)10-12-16/h9-12,14,17H,4-8,13H2,1-3H3,(H,21,24)/p+1/t14-/m0/s1. The number of benzene rings is 1. The molecule has 0 aromatic heterocycles. The number of carbonyl (C=O) groups is 2. The Hall–Kier alpha value is -1.95. The van der Waals surface area contributed by atoms with Crippen LogP contribution in [0.4, 0.5) is 10.1 Å². The van der Waals surface area contributed by atoms with Crippen LogP contribution in [0.15, 0.2) is 24.3 Å². The molecule has 0 aliphatic heterocycles. The van der Waals surface area contributed by atoms with Crippen molar-refractivity contribution in [3.8, 4) is 0 Å². The number of rotatable bonds is 6. The Kier molecular flexibility index (Phi) is 6.93. The summed E-state index contributed by atoms with van der Waals surface area (Å²) in [6.07, 6.45) is 5.75. The molecule has 1 fully saturated rings. The summed E-state index contributed by atoms with van der Waals surface area (Å²) in [5, 5.41) is 2.74. The van der Waals surface area contributed by atoms with Crippen LogP contribution in [-0.2, 0) is 9.59 Å². The van der Waals surface area contributed by atoms with Gasteiger partial charge in [0, 0.05) is 18.8 Å². The molecule has 2 atom stereocenters. The van der Waals surface area contributed by atoms with Crippen molar-refractivity contribution >= 4 is 17.5 Å². The summed E-state index contributed by atoms with van der Waals surface area (Å²) in [7, 11) is 3.72. The van der Waals surface area contributed by atoms with Gasteiger partial charge in [-0.3, -0.25) is 9.59 Å².